The molecule has 0 radical (unpaired) electrons. The van der Waals surface area contributed by atoms with Crippen molar-refractivity contribution in [3.8, 4) is 0 Å². The monoisotopic (exact) mass is 322 g/mol. The van der Waals surface area contributed by atoms with E-state index in [9.17, 15) is 4.79 Å². The lowest BCUT2D eigenvalue weighted by molar-refractivity contribution is -0.133. The maximum absolute atomic E-state index is 12.3. The topological polar surface area (TPSA) is 71.7 Å². The van der Waals surface area contributed by atoms with Gasteiger partial charge in [-0.25, -0.2) is 0 Å². The number of nitrogens with zero attached hydrogens (tertiary/aromatic N) is 4. The van der Waals surface area contributed by atoms with Crippen LogP contribution in [0.15, 0.2) is 4.52 Å². The van der Waals surface area contributed by atoms with Crippen LogP contribution in [-0.4, -0.2) is 64.7 Å². The molecule has 2 saturated heterocycles. The fourth-order valence-electron chi connectivity index (χ4n) is 3.17. The van der Waals surface area contributed by atoms with Gasteiger partial charge in [-0.1, -0.05) is 12.1 Å². The molecule has 2 aliphatic heterocycles. The lowest BCUT2D eigenvalue weighted by Crippen LogP contribution is -2.48. The third kappa shape index (κ3) is 4.51. The van der Waals surface area contributed by atoms with Crippen molar-refractivity contribution in [2.24, 2.45) is 0 Å². The molecule has 0 bridgehead atoms. The van der Waals surface area contributed by atoms with Gasteiger partial charge in [0.2, 0.25) is 11.8 Å². The molecule has 0 unspecified atom stereocenters. The summed E-state index contributed by atoms with van der Waals surface area (Å²) in [6, 6.07) is 0. The number of ether oxygens (including phenoxy) is 1. The van der Waals surface area contributed by atoms with E-state index in [2.05, 4.69) is 15.0 Å². The van der Waals surface area contributed by atoms with E-state index in [4.69, 9.17) is 9.26 Å². The van der Waals surface area contributed by atoms with Crippen LogP contribution in [0.1, 0.15) is 44.3 Å². The fourth-order valence-corrected chi connectivity index (χ4v) is 3.17. The molecule has 2 aliphatic rings. The average molecular weight is 322 g/mol. The van der Waals surface area contributed by atoms with E-state index in [0.717, 1.165) is 64.3 Å². The second-order valence-corrected chi connectivity index (χ2v) is 6.29. The van der Waals surface area contributed by atoms with Crippen LogP contribution in [0, 0.1) is 0 Å². The number of piperazine rings is 1. The maximum atomic E-state index is 12.3. The van der Waals surface area contributed by atoms with Gasteiger partial charge < -0.3 is 14.2 Å². The van der Waals surface area contributed by atoms with Gasteiger partial charge in [-0.05, 0) is 19.3 Å². The molecule has 0 aromatic carbocycles. The van der Waals surface area contributed by atoms with E-state index in [0.29, 0.717) is 25.0 Å². The summed E-state index contributed by atoms with van der Waals surface area (Å²) in [6.07, 6.45) is 4.77. The average Bonchev–Trinajstić information content (AvgIpc) is 3.25. The number of hydrogen-bond acceptors (Lipinski definition) is 6. The van der Waals surface area contributed by atoms with E-state index in [1.54, 1.807) is 0 Å². The molecule has 3 rings (SSSR count). The second-order valence-electron chi connectivity index (χ2n) is 6.29. The summed E-state index contributed by atoms with van der Waals surface area (Å²) in [6.45, 7) is 6.84. The number of carbonyl (C=O) groups is 1. The molecule has 0 N–H and O–H groups in total. The molecule has 23 heavy (non-hydrogen) atoms. The van der Waals surface area contributed by atoms with E-state index in [1.807, 2.05) is 11.8 Å². The first-order chi connectivity index (χ1) is 11.2. The number of carbonyl (C=O) groups excluding carboxylic acids is 1. The zero-order valence-electron chi connectivity index (χ0n) is 13.9. The Labute approximate surface area is 137 Å². The molecular formula is C16H26N4O3. The molecule has 1 amide bonds. The van der Waals surface area contributed by atoms with E-state index in [-0.39, 0.29) is 5.91 Å². The quantitative estimate of drug-likeness (QED) is 0.784. The highest BCUT2D eigenvalue weighted by atomic mass is 16.5. The molecule has 7 nitrogen and oxygen atoms in total. The van der Waals surface area contributed by atoms with Gasteiger partial charge in [0.25, 0.3) is 0 Å². The van der Waals surface area contributed by atoms with Crippen molar-refractivity contribution in [2.45, 2.75) is 51.7 Å². The Balaban J connectivity index is 1.38. The van der Waals surface area contributed by atoms with Crippen LogP contribution in [0.25, 0.3) is 0 Å². The van der Waals surface area contributed by atoms with Crippen LogP contribution in [0.5, 0.6) is 0 Å². The second kappa shape index (κ2) is 7.88. The van der Waals surface area contributed by atoms with Crippen molar-refractivity contribution in [3.63, 3.8) is 0 Å². The molecule has 1 aromatic heterocycles. The Bertz CT molecular complexity index is 505. The molecule has 3 heterocycles. The van der Waals surface area contributed by atoms with Gasteiger partial charge in [0.15, 0.2) is 5.82 Å². The lowest BCUT2D eigenvalue weighted by Gasteiger charge is -2.34. The summed E-state index contributed by atoms with van der Waals surface area (Å²) in [7, 11) is 0. The minimum Gasteiger partial charge on any atom is -0.378 e. The zero-order valence-corrected chi connectivity index (χ0v) is 13.9. The standard InChI is InChI=1S/C16H26N4O3/c1-2-15-17-14(18-23-15)12-19-7-9-20(10-8-19)16(21)6-5-13-4-3-11-22-13/h13H,2-12H2,1H3/t13-/m0/s1. The van der Waals surface area contributed by atoms with Gasteiger partial charge in [-0.15, -0.1) is 0 Å². The zero-order chi connectivity index (χ0) is 16.1. The number of aromatic nitrogens is 2. The first kappa shape index (κ1) is 16.4. The van der Waals surface area contributed by atoms with E-state index >= 15 is 0 Å². The Hall–Kier alpha value is -1.47. The molecule has 0 spiro atoms. The largest absolute Gasteiger partial charge is 0.378 e. The highest BCUT2D eigenvalue weighted by molar-refractivity contribution is 5.76. The minimum atomic E-state index is 0.257. The predicted molar refractivity (Wildman–Crippen MR) is 83.7 cm³/mol. The van der Waals surface area contributed by atoms with Crippen LogP contribution in [0.3, 0.4) is 0 Å². The van der Waals surface area contributed by atoms with Crippen LogP contribution >= 0.6 is 0 Å². The highest BCUT2D eigenvalue weighted by Crippen LogP contribution is 2.18. The SMILES string of the molecule is CCc1nc(CN2CCN(C(=O)CC[C@@H]3CCCO3)CC2)no1. The van der Waals surface area contributed by atoms with Gasteiger partial charge in [0.05, 0.1) is 12.6 Å². The van der Waals surface area contributed by atoms with E-state index in [1.165, 1.54) is 0 Å². The molecular weight excluding hydrogens is 296 g/mol. The maximum Gasteiger partial charge on any atom is 0.226 e. The smallest absolute Gasteiger partial charge is 0.226 e. The molecule has 7 heteroatoms. The summed E-state index contributed by atoms with van der Waals surface area (Å²) in [5.74, 6) is 1.68. The third-order valence-electron chi connectivity index (χ3n) is 4.61. The molecule has 1 atom stereocenters. The first-order valence-electron chi connectivity index (χ1n) is 8.68. The van der Waals surface area contributed by atoms with Gasteiger partial charge in [-0.2, -0.15) is 4.98 Å². The van der Waals surface area contributed by atoms with Crippen molar-refractivity contribution in [1.29, 1.82) is 0 Å². The highest BCUT2D eigenvalue weighted by Gasteiger charge is 2.23. The molecule has 1 aromatic rings. The summed E-state index contributed by atoms with van der Waals surface area (Å²) in [5, 5.41) is 3.99. The number of amides is 1. The third-order valence-corrected chi connectivity index (χ3v) is 4.61. The normalized spacial score (nSPS) is 22.7. The van der Waals surface area contributed by atoms with Crippen LogP contribution < -0.4 is 0 Å². The Morgan fingerprint density at radius 2 is 2.13 bits per heavy atom. The molecule has 128 valence electrons. The molecule has 0 saturated carbocycles. The number of rotatable bonds is 6. The number of aryl methyl sites for hydroxylation is 1. The summed E-state index contributed by atoms with van der Waals surface area (Å²) in [5.41, 5.74) is 0. The van der Waals surface area contributed by atoms with Crippen molar-refractivity contribution in [1.82, 2.24) is 19.9 Å². The summed E-state index contributed by atoms with van der Waals surface area (Å²) in [4.78, 5) is 20.9. The first-order valence-corrected chi connectivity index (χ1v) is 8.68. The van der Waals surface area contributed by atoms with Gasteiger partial charge in [0, 0.05) is 45.6 Å². The summed E-state index contributed by atoms with van der Waals surface area (Å²) < 4.78 is 10.7. The van der Waals surface area contributed by atoms with Crippen molar-refractivity contribution < 1.29 is 14.1 Å². The van der Waals surface area contributed by atoms with Crippen molar-refractivity contribution >= 4 is 5.91 Å². The van der Waals surface area contributed by atoms with Gasteiger partial charge >= 0.3 is 0 Å². The van der Waals surface area contributed by atoms with Gasteiger partial charge in [-0.3, -0.25) is 9.69 Å². The Morgan fingerprint density at radius 1 is 1.30 bits per heavy atom. The van der Waals surface area contributed by atoms with Gasteiger partial charge in [0.1, 0.15) is 0 Å². The van der Waals surface area contributed by atoms with E-state index < -0.39 is 0 Å². The lowest BCUT2D eigenvalue weighted by atomic mass is 10.1. The predicted octanol–water partition coefficient (Wildman–Crippen LogP) is 1.24. The number of hydrogen-bond donors (Lipinski definition) is 0. The fraction of sp³-hybridized carbons (Fsp3) is 0.812. The van der Waals surface area contributed by atoms with Crippen molar-refractivity contribution in [2.75, 3.05) is 32.8 Å². The van der Waals surface area contributed by atoms with Crippen LogP contribution in [-0.2, 0) is 22.5 Å². The van der Waals surface area contributed by atoms with Crippen LogP contribution in [0.2, 0.25) is 0 Å². The molecule has 2 fully saturated rings. The molecule has 0 aliphatic carbocycles. The Morgan fingerprint density at radius 3 is 2.78 bits per heavy atom. The Kier molecular flexibility index (Phi) is 5.61. The summed E-state index contributed by atoms with van der Waals surface area (Å²) >= 11 is 0. The van der Waals surface area contributed by atoms with Crippen molar-refractivity contribution in [3.05, 3.63) is 11.7 Å². The van der Waals surface area contributed by atoms with Crippen LogP contribution in [0.4, 0.5) is 0 Å². The minimum absolute atomic E-state index is 0.257.